The fourth-order valence-corrected chi connectivity index (χ4v) is 2.03. The highest BCUT2D eigenvalue weighted by Crippen LogP contribution is 2.11. The van der Waals surface area contributed by atoms with E-state index in [9.17, 15) is 4.79 Å². The molecule has 1 aromatic rings. The van der Waals surface area contributed by atoms with Gasteiger partial charge in [0, 0.05) is 12.2 Å². The fraction of sp³-hybridized carbons (Fsp3) is 0.636. The van der Waals surface area contributed by atoms with E-state index >= 15 is 0 Å². The highest BCUT2D eigenvalue weighted by atomic mass is 35.5. The van der Waals surface area contributed by atoms with Crippen molar-refractivity contribution in [1.82, 2.24) is 20.8 Å². The molecule has 1 unspecified atom stereocenters. The lowest BCUT2D eigenvalue weighted by atomic mass is 10.1. The minimum Gasteiger partial charge on any atom is -0.352 e. The number of carbonyl (C=O) groups excluding carboxylic acids is 1. The van der Waals surface area contributed by atoms with Gasteiger partial charge in [0.1, 0.15) is 0 Å². The van der Waals surface area contributed by atoms with Gasteiger partial charge in [0.2, 0.25) is 0 Å². The maximum Gasteiger partial charge on any atom is 0.254 e. The predicted molar refractivity (Wildman–Crippen MR) is 68.5 cm³/mol. The van der Waals surface area contributed by atoms with Crippen molar-refractivity contribution in [2.24, 2.45) is 5.92 Å². The molecule has 0 radical (unpaired) electrons. The topological polar surface area (TPSA) is 69.8 Å². The summed E-state index contributed by atoms with van der Waals surface area (Å²) in [6, 6.07) is 0. The molecule has 6 heteroatoms. The SMILES string of the molecule is Cc1[nH]ncc1C(=O)NCCC1CCNC1.Cl. The molecule has 5 nitrogen and oxygen atoms in total. The summed E-state index contributed by atoms with van der Waals surface area (Å²) < 4.78 is 0. The van der Waals surface area contributed by atoms with Crippen molar-refractivity contribution in [3.05, 3.63) is 17.5 Å². The molecule has 0 aromatic carbocycles. The number of aromatic amines is 1. The predicted octanol–water partition coefficient (Wildman–Crippen LogP) is 0.869. The van der Waals surface area contributed by atoms with Gasteiger partial charge in [-0.15, -0.1) is 12.4 Å². The number of nitrogens with one attached hydrogen (secondary N) is 3. The summed E-state index contributed by atoms with van der Waals surface area (Å²) in [7, 11) is 0. The van der Waals surface area contributed by atoms with Crippen molar-refractivity contribution >= 4 is 18.3 Å². The molecule has 1 amide bonds. The van der Waals surface area contributed by atoms with Gasteiger partial charge in [0.25, 0.3) is 5.91 Å². The zero-order chi connectivity index (χ0) is 11.4. The van der Waals surface area contributed by atoms with Crippen LogP contribution in [0.4, 0.5) is 0 Å². The van der Waals surface area contributed by atoms with Crippen LogP contribution in [0.15, 0.2) is 6.20 Å². The van der Waals surface area contributed by atoms with Crippen LogP contribution in [-0.2, 0) is 0 Å². The number of carbonyl (C=O) groups is 1. The zero-order valence-corrected chi connectivity index (χ0v) is 10.8. The number of H-pyrrole nitrogens is 1. The van der Waals surface area contributed by atoms with Crippen molar-refractivity contribution in [2.45, 2.75) is 19.8 Å². The molecule has 0 aliphatic carbocycles. The van der Waals surface area contributed by atoms with E-state index in [0.717, 1.165) is 31.7 Å². The van der Waals surface area contributed by atoms with Crippen LogP contribution in [0.5, 0.6) is 0 Å². The van der Waals surface area contributed by atoms with E-state index < -0.39 is 0 Å². The first kappa shape index (κ1) is 14.0. The number of nitrogens with zero attached hydrogens (tertiary/aromatic N) is 1. The quantitative estimate of drug-likeness (QED) is 0.751. The molecule has 0 saturated carbocycles. The standard InChI is InChI=1S/C11H18N4O.ClH/c1-8-10(7-14-15-8)11(16)13-5-3-9-2-4-12-6-9;/h7,9,12H,2-6H2,1H3,(H,13,16)(H,14,15);1H. The summed E-state index contributed by atoms with van der Waals surface area (Å²) in [5.41, 5.74) is 1.46. The Bertz CT molecular complexity index is 360. The number of rotatable bonds is 4. The van der Waals surface area contributed by atoms with Crippen LogP contribution < -0.4 is 10.6 Å². The molecular weight excluding hydrogens is 240 g/mol. The van der Waals surface area contributed by atoms with Crippen molar-refractivity contribution in [1.29, 1.82) is 0 Å². The third-order valence-corrected chi connectivity index (χ3v) is 3.08. The molecule has 2 rings (SSSR count). The summed E-state index contributed by atoms with van der Waals surface area (Å²) >= 11 is 0. The van der Waals surface area contributed by atoms with E-state index in [0.29, 0.717) is 11.5 Å². The van der Waals surface area contributed by atoms with Gasteiger partial charge in [0.05, 0.1) is 11.8 Å². The summed E-state index contributed by atoms with van der Waals surface area (Å²) in [5.74, 6) is 0.683. The molecule has 1 aliphatic heterocycles. The van der Waals surface area contributed by atoms with E-state index in [4.69, 9.17) is 0 Å². The number of aromatic nitrogens is 2. The average Bonchev–Trinajstić information content (AvgIpc) is 2.88. The summed E-state index contributed by atoms with van der Waals surface area (Å²) in [5, 5.41) is 12.8. The third kappa shape index (κ3) is 3.71. The van der Waals surface area contributed by atoms with Crippen molar-refractivity contribution < 1.29 is 4.79 Å². The molecule has 1 aliphatic rings. The van der Waals surface area contributed by atoms with Crippen LogP contribution in [0, 0.1) is 12.8 Å². The van der Waals surface area contributed by atoms with E-state index in [1.807, 2.05) is 6.92 Å². The molecule has 96 valence electrons. The van der Waals surface area contributed by atoms with Gasteiger partial charge < -0.3 is 10.6 Å². The second kappa shape index (κ2) is 6.61. The van der Waals surface area contributed by atoms with Crippen LogP contribution in [0.2, 0.25) is 0 Å². The second-order valence-corrected chi connectivity index (χ2v) is 4.31. The van der Waals surface area contributed by atoms with E-state index in [-0.39, 0.29) is 18.3 Å². The summed E-state index contributed by atoms with van der Waals surface area (Å²) in [6.07, 6.45) is 3.85. The summed E-state index contributed by atoms with van der Waals surface area (Å²) in [6.45, 7) is 4.79. The maximum atomic E-state index is 11.7. The molecule has 3 N–H and O–H groups in total. The fourth-order valence-electron chi connectivity index (χ4n) is 2.03. The number of amides is 1. The maximum absolute atomic E-state index is 11.7. The van der Waals surface area contributed by atoms with Gasteiger partial charge in [-0.2, -0.15) is 5.10 Å². The Hall–Kier alpha value is -1.07. The Kier molecular flexibility index (Phi) is 5.44. The van der Waals surface area contributed by atoms with Crippen LogP contribution in [0.1, 0.15) is 28.9 Å². The lowest BCUT2D eigenvalue weighted by Gasteiger charge is -2.08. The number of hydrogen-bond acceptors (Lipinski definition) is 3. The van der Waals surface area contributed by atoms with Crippen molar-refractivity contribution in [3.8, 4) is 0 Å². The normalized spacial score (nSPS) is 18.8. The van der Waals surface area contributed by atoms with Gasteiger partial charge in [-0.25, -0.2) is 0 Å². The molecule has 1 saturated heterocycles. The lowest BCUT2D eigenvalue weighted by molar-refractivity contribution is 0.0951. The monoisotopic (exact) mass is 258 g/mol. The van der Waals surface area contributed by atoms with E-state index in [1.165, 1.54) is 6.42 Å². The Balaban J connectivity index is 0.00000144. The molecule has 17 heavy (non-hydrogen) atoms. The molecule has 1 fully saturated rings. The van der Waals surface area contributed by atoms with Gasteiger partial charge in [0.15, 0.2) is 0 Å². The molecular formula is C11H19ClN4O. The van der Waals surface area contributed by atoms with Gasteiger partial charge in [-0.3, -0.25) is 9.89 Å². The molecule has 1 aromatic heterocycles. The lowest BCUT2D eigenvalue weighted by Crippen LogP contribution is -2.26. The van der Waals surface area contributed by atoms with Crippen LogP contribution >= 0.6 is 12.4 Å². The second-order valence-electron chi connectivity index (χ2n) is 4.31. The van der Waals surface area contributed by atoms with Crippen LogP contribution in [-0.4, -0.2) is 35.7 Å². The molecule has 0 spiro atoms. The van der Waals surface area contributed by atoms with Crippen molar-refractivity contribution in [3.63, 3.8) is 0 Å². The van der Waals surface area contributed by atoms with E-state index in [2.05, 4.69) is 20.8 Å². The number of aryl methyl sites for hydroxylation is 1. The molecule has 0 bridgehead atoms. The Labute approximate surface area is 107 Å². The zero-order valence-electron chi connectivity index (χ0n) is 9.95. The third-order valence-electron chi connectivity index (χ3n) is 3.08. The molecule has 1 atom stereocenters. The van der Waals surface area contributed by atoms with Crippen LogP contribution in [0.3, 0.4) is 0 Å². The first-order chi connectivity index (χ1) is 7.77. The Morgan fingerprint density at radius 1 is 1.65 bits per heavy atom. The van der Waals surface area contributed by atoms with Gasteiger partial charge in [-0.05, 0) is 38.8 Å². The highest BCUT2D eigenvalue weighted by molar-refractivity contribution is 5.94. The van der Waals surface area contributed by atoms with Crippen LogP contribution in [0.25, 0.3) is 0 Å². The number of hydrogen-bond donors (Lipinski definition) is 3. The minimum atomic E-state index is -0.0304. The highest BCUT2D eigenvalue weighted by Gasteiger charge is 2.15. The number of halogens is 1. The smallest absolute Gasteiger partial charge is 0.254 e. The summed E-state index contributed by atoms with van der Waals surface area (Å²) in [4.78, 5) is 11.7. The Morgan fingerprint density at radius 2 is 2.47 bits per heavy atom. The molecule has 2 heterocycles. The largest absolute Gasteiger partial charge is 0.352 e. The van der Waals surface area contributed by atoms with Crippen molar-refractivity contribution in [2.75, 3.05) is 19.6 Å². The van der Waals surface area contributed by atoms with E-state index in [1.54, 1.807) is 6.20 Å². The first-order valence-electron chi connectivity index (χ1n) is 5.76. The first-order valence-corrected chi connectivity index (χ1v) is 5.76. The van der Waals surface area contributed by atoms with Gasteiger partial charge >= 0.3 is 0 Å². The average molecular weight is 259 g/mol. The van der Waals surface area contributed by atoms with Gasteiger partial charge in [-0.1, -0.05) is 0 Å². The minimum absolute atomic E-state index is 0. The Morgan fingerprint density at radius 3 is 3.06 bits per heavy atom.